The van der Waals surface area contributed by atoms with E-state index in [0.717, 1.165) is 10.9 Å². The fourth-order valence-corrected chi connectivity index (χ4v) is 1.71. The van der Waals surface area contributed by atoms with E-state index < -0.39 is 5.91 Å². The van der Waals surface area contributed by atoms with Crippen LogP contribution < -0.4 is 5.73 Å². The second-order valence-electron chi connectivity index (χ2n) is 3.91. The molecule has 1 aromatic carbocycles. The normalized spacial score (nSPS) is 10.4. The van der Waals surface area contributed by atoms with Crippen LogP contribution in [0.5, 0.6) is 0 Å². The lowest BCUT2D eigenvalue weighted by Crippen LogP contribution is -2.35. The average molecular weight is 231 g/mol. The topological polar surface area (TPSA) is 79.2 Å². The Morgan fingerprint density at radius 2 is 2.12 bits per heavy atom. The summed E-state index contributed by atoms with van der Waals surface area (Å²) in [4.78, 5) is 27.0. The Balaban J connectivity index is 2.26. The number of primary amides is 1. The molecule has 0 spiro atoms. The first-order chi connectivity index (χ1) is 8.08. The van der Waals surface area contributed by atoms with Crippen molar-refractivity contribution in [3.8, 4) is 0 Å². The molecule has 0 saturated carbocycles. The van der Waals surface area contributed by atoms with Gasteiger partial charge in [0, 0.05) is 29.7 Å². The molecule has 0 aliphatic heterocycles. The van der Waals surface area contributed by atoms with Gasteiger partial charge in [0.2, 0.25) is 5.91 Å². The molecule has 0 saturated heterocycles. The zero-order chi connectivity index (χ0) is 12.4. The fourth-order valence-electron chi connectivity index (χ4n) is 1.71. The summed E-state index contributed by atoms with van der Waals surface area (Å²) in [6.07, 6.45) is 1.81. The van der Waals surface area contributed by atoms with Gasteiger partial charge in [-0.2, -0.15) is 0 Å². The van der Waals surface area contributed by atoms with Crippen molar-refractivity contribution >= 4 is 22.7 Å². The van der Waals surface area contributed by atoms with Crippen LogP contribution in [0.15, 0.2) is 30.5 Å². The molecule has 2 amide bonds. The number of carbonyl (C=O) groups is 2. The Morgan fingerprint density at radius 1 is 1.35 bits per heavy atom. The number of amides is 2. The standard InChI is InChI=1S/C12H13N3O2/c1-15(7-11(13)16)12(17)9-2-3-10-8(6-9)4-5-14-10/h2-6,14H,7H2,1H3,(H2,13,16). The Labute approximate surface area is 98.2 Å². The van der Waals surface area contributed by atoms with Crippen molar-refractivity contribution in [3.63, 3.8) is 0 Å². The molecule has 0 atom stereocenters. The number of hydrogen-bond donors (Lipinski definition) is 2. The number of nitrogens with two attached hydrogens (primary N) is 1. The summed E-state index contributed by atoms with van der Waals surface area (Å²) in [6, 6.07) is 7.23. The Kier molecular flexibility index (Phi) is 2.82. The van der Waals surface area contributed by atoms with Crippen molar-refractivity contribution in [2.75, 3.05) is 13.6 Å². The lowest BCUT2D eigenvalue weighted by molar-refractivity contribution is -0.118. The lowest BCUT2D eigenvalue weighted by Gasteiger charge is -2.14. The molecular formula is C12H13N3O2. The monoisotopic (exact) mass is 231 g/mol. The van der Waals surface area contributed by atoms with Crippen LogP contribution in [0.3, 0.4) is 0 Å². The SMILES string of the molecule is CN(CC(N)=O)C(=O)c1ccc2[nH]ccc2c1. The lowest BCUT2D eigenvalue weighted by atomic mass is 10.1. The largest absolute Gasteiger partial charge is 0.368 e. The summed E-state index contributed by atoms with van der Waals surface area (Å²) in [6.45, 7) is -0.0794. The molecular weight excluding hydrogens is 218 g/mol. The van der Waals surface area contributed by atoms with E-state index in [4.69, 9.17) is 5.73 Å². The van der Waals surface area contributed by atoms with Crippen LogP contribution in [0.25, 0.3) is 10.9 Å². The molecule has 3 N–H and O–H groups in total. The first-order valence-corrected chi connectivity index (χ1v) is 5.19. The molecule has 0 bridgehead atoms. The summed E-state index contributed by atoms with van der Waals surface area (Å²) in [5.74, 6) is -0.740. The zero-order valence-corrected chi connectivity index (χ0v) is 9.43. The molecule has 0 aliphatic rings. The quantitative estimate of drug-likeness (QED) is 0.816. The van der Waals surface area contributed by atoms with Crippen LogP contribution in [0.4, 0.5) is 0 Å². The van der Waals surface area contributed by atoms with Crippen LogP contribution in [0.2, 0.25) is 0 Å². The van der Waals surface area contributed by atoms with E-state index in [1.54, 1.807) is 19.2 Å². The van der Waals surface area contributed by atoms with Gasteiger partial charge in [-0.05, 0) is 24.3 Å². The molecule has 1 aromatic heterocycles. The van der Waals surface area contributed by atoms with Crippen molar-refractivity contribution in [2.24, 2.45) is 5.73 Å². The number of fused-ring (bicyclic) bond motifs is 1. The summed E-state index contributed by atoms with van der Waals surface area (Å²) >= 11 is 0. The van der Waals surface area contributed by atoms with Gasteiger partial charge in [-0.15, -0.1) is 0 Å². The maximum absolute atomic E-state index is 12.0. The van der Waals surface area contributed by atoms with Gasteiger partial charge in [0.05, 0.1) is 6.54 Å². The first-order valence-electron chi connectivity index (χ1n) is 5.19. The summed E-state index contributed by atoms with van der Waals surface area (Å²) < 4.78 is 0. The second kappa shape index (κ2) is 4.29. The third-order valence-electron chi connectivity index (χ3n) is 2.54. The van der Waals surface area contributed by atoms with Crippen LogP contribution in [-0.2, 0) is 4.79 Å². The number of aromatic nitrogens is 1. The number of H-pyrrole nitrogens is 1. The molecule has 5 nitrogen and oxygen atoms in total. The predicted octanol–water partition coefficient (Wildman–Crippen LogP) is 0.725. The van der Waals surface area contributed by atoms with E-state index in [9.17, 15) is 9.59 Å². The number of benzene rings is 1. The Morgan fingerprint density at radius 3 is 2.82 bits per heavy atom. The van der Waals surface area contributed by atoms with Crippen molar-refractivity contribution in [1.82, 2.24) is 9.88 Å². The van der Waals surface area contributed by atoms with Gasteiger partial charge < -0.3 is 15.6 Å². The minimum atomic E-state index is -0.524. The highest BCUT2D eigenvalue weighted by atomic mass is 16.2. The van der Waals surface area contributed by atoms with Crippen molar-refractivity contribution in [2.45, 2.75) is 0 Å². The molecule has 0 aliphatic carbocycles. The minimum Gasteiger partial charge on any atom is -0.368 e. The summed E-state index contributed by atoms with van der Waals surface area (Å²) in [5.41, 5.74) is 6.56. The number of aromatic amines is 1. The van der Waals surface area contributed by atoms with Crippen LogP contribution in [0.1, 0.15) is 10.4 Å². The number of hydrogen-bond acceptors (Lipinski definition) is 2. The number of nitrogens with zero attached hydrogens (tertiary/aromatic N) is 1. The highest BCUT2D eigenvalue weighted by Crippen LogP contribution is 2.15. The minimum absolute atomic E-state index is 0.0794. The maximum atomic E-state index is 12.0. The van der Waals surface area contributed by atoms with E-state index >= 15 is 0 Å². The molecule has 2 aromatic rings. The van der Waals surface area contributed by atoms with E-state index in [2.05, 4.69) is 4.98 Å². The van der Waals surface area contributed by atoms with Crippen molar-refractivity contribution in [3.05, 3.63) is 36.0 Å². The van der Waals surface area contributed by atoms with E-state index in [1.807, 2.05) is 18.3 Å². The predicted molar refractivity (Wildman–Crippen MR) is 64.5 cm³/mol. The number of carbonyl (C=O) groups excluding carboxylic acids is 2. The van der Waals surface area contributed by atoms with Gasteiger partial charge >= 0.3 is 0 Å². The molecule has 0 unspecified atom stereocenters. The van der Waals surface area contributed by atoms with Crippen molar-refractivity contribution in [1.29, 1.82) is 0 Å². The molecule has 5 heteroatoms. The average Bonchev–Trinajstić information content (AvgIpc) is 2.73. The number of likely N-dealkylation sites (N-methyl/N-ethyl adjacent to an activating group) is 1. The number of nitrogens with one attached hydrogen (secondary N) is 1. The Bertz CT molecular complexity index is 574. The maximum Gasteiger partial charge on any atom is 0.254 e. The number of rotatable bonds is 3. The molecule has 1 heterocycles. The van der Waals surface area contributed by atoms with Crippen molar-refractivity contribution < 1.29 is 9.59 Å². The third kappa shape index (κ3) is 2.28. The van der Waals surface area contributed by atoms with E-state index in [-0.39, 0.29) is 12.5 Å². The van der Waals surface area contributed by atoms with Crippen LogP contribution in [0, 0.1) is 0 Å². The third-order valence-corrected chi connectivity index (χ3v) is 2.54. The smallest absolute Gasteiger partial charge is 0.254 e. The van der Waals surface area contributed by atoms with Gasteiger partial charge in [-0.25, -0.2) is 0 Å². The van der Waals surface area contributed by atoms with Gasteiger partial charge in [0.25, 0.3) is 5.91 Å². The highest BCUT2D eigenvalue weighted by Gasteiger charge is 2.13. The van der Waals surface area contributed by atoms with E-state index in [1.165, 1.54) is 4.90 Å². The highest BCUT2D eigenvalue weighted by molar-refractivity contribution is 5.99. The summed E-state index contributed by atoms with van der Waals surface area (Å²) in [5, 5.41) is 0.961. The zero-order valence-electron chi connectivity index (χ0n) is 9.43. The molecule has 2 rings (SSSR count). The van der Waals surface area contributed by atoms with Crippen LogP contribution >= 0.6 is 0 Å². The first kappa shape index (κ1) is 11.2. The molecule has 17 heavy (non-hydrogen) atoms. The van der Waals surface area contributed by atoms with Gasteiger partial charge in [0.15, 0.2) is 0 Å². The second-order valence-corrected chi connectivity index (χ2v) is 3.91. The molecule has 88 valence electrons. The molecule has 0 radical (unpaired) electrons. The van der Waals surface area contributed by atoms with Gasteiger partial charge in [-0.3, -0.25) is 9.59 Å². The molecule has 0 fully saturated rings. The van der Waals surface area contributed by atoms with Gasteiger partial charge in [-0.1, -0.05) is 0 Å². The van der Waals surface area contributed by atoms with Crippen LogP contribution in [-0.4, -0.2) is 35.3 Å². The summed E-state index contributed by atoms with van der Waals surface area (Å²) in [7, 11) is 1.55. The van der Waals surface area contributed by atoms with E-state index in [0.29, 0.717) is 5.56 Å². The fraction of sp³-hybridized carbons (Fsp3) is 0.167. The Hall–Kier alpha value is -2.30. The van der Waals surface area contributed by atoms with Gasteiger partial charge in [0.1, 0.15) is 0 Å².